The van der Waals surface area contributed by atoms with Crippen molar-refractivity contribution in [1.29, 1.82) is 5.41 Å². The summed E-state index contributed by atoms with van der Waals surface area (Å²) in [5.74, 6) is -1.55. The highest BCUT2D eigenvalue weighted by Gasteiger charge is 2.39. The molecule has 6 N–H and O–H groups in total. The second-order valence-electron chi connectivity index (χ2n) is 7.27. The molecule has 0 aromatic heterocycles. The second kappa shape index (κ2) is 9.35. The molecule has 1 fully saturated rings. The number of hydrogen-bond acceptors (Lipinski definition) is 6. The number of nitrogen functional groups attached to an aromatic ring is 1. The van der Waals surface area contributed by atoms with Crippen LogP contribution >= 0.6 is 12.4 Å². The van der Waals surface area contributed by atoms with Crippen LogP contribution in [0.2, 0.25) is 0 Å². The van der Waals surface area contributed by atoms with Gasteiger partial charge < -0.3 is 31.1 Å². The van der Waals surface area contributed by atoms with Crippen molar-refractivity contribution in [2.45, 2.75) is 18.6 Å². The number of rotatable bonds is 5. The van der Waals surface area contributed by atoms with Crippen LogP contribution in [0.25, 0.3) is 0 Å². The summed E-state index contributed by atoms with van der Waals surface area (Å²) in [4.78, 5) is 38.4. The number of nitrogens with zero attached hydrogens (tertiary/aromatic N) is 1. The molecule has 0 saturated carbocycles. The minimum Gasteiger partial charge on any atom is -0.384 e. The number of halogens is 1. The van der Waals surface area contributed by atoms with Crippen molar-refractivity contribution in [2.24, 2.45) is 5.73 Å². The van der Waals surface area contributed by atoms with Crippen LogP contribution in [-0.4, -0.2) is 54.0 Å². The number of aliphatic hydroxyl groups excluding tert-OH is 1. The number of fused-ring (bicyclic) bond motifs is 1. The Labute approximate surface area is 189 Å². The maximum absolute atomic E-state index is 12.9. The molecule has 11 heteroatoms. The normalized spacial score (nSPS) is 18.3. The van der Waals surface area contributed by atoms with E-state index in [1.54, 1.807) is 30.3 Å². The van der Waals surface area contributed by atoms with Crippen LogP contribution in [0.3, 0.4) is 0 Å². The van der Waals surface area contributed by atoms with Gasteiger partial charge in [-0.1, -0.05) is 0 Å². The fraction of sp³-hybridized carbons (Fsp3) is 0.238. The van der Waals surface area contributed by atoms with Gasteiger partial charge in [-0.2, -0.15) is 0 Å². The Bertz CT molecular complexity index is 1070. The molecule has 2 heterocycles. The number of nitrogens with one attached hydrogen (secondary N) is 3. The van der Waals surface area contributed by atoms with E-state index in [9.17, 15) is 19.5 Å². The zero-order chi connectivity index (χ0) is 22.1. The number of carbonyl (C=O) groups is 3. The molecule has 1 saturated heterocycles. The largest absolute Gasteiger partial charge is 0.384 e. The highest BCUT2D eigenvalue weighted by Crippen LogP contribution is 2.29. The predicted octanol–water partition coefficient (Wildman–Crippen LogP) is 0.618. The Morgan fingerprint density at radius 3 is 2.66 bits per heavy atom. The minimum absolute atomic E-state index is 0. The van der Waals surface area contributed by atoms with E-state index in [0.717, 1.165) is 5.56 Å². The van der Waals surface area contributed by atoms with Crippen molar-refractivity contribution in [3.8, 4) is 0 Å². The van der Waals surface area contributed by atoms with Gasteiger partial charge in [0.15, 0.2) is 12.2 Å². The summed E-state index contributed by atoms with van der Waals surface area (Å²) in [5.41, 5.74) is 8.34. The first-order valence-electron chi connectivity index (χ1n) is 9.62. The monoisotopic (exact) mass is 459 g/mol. The number of aliphatic hydroxyl groups is 1. The number of benzene rings is 2. The molecule has 0 aliphatic carbocycles. The van der Waals surface area contributed by atoms with E-state index in [-0.39, 0.29) is 43.7 Å². The molecule has 168 valence electrons. The van der Waals surface area contributed by atoms with Gasteiger partial charge in [-0.15, -0.1) is 12.4 Å². The van der Waals surface area contributed by atoms with Gasteiger partial charge in [0, 0.05) is 29.2 Å². The molecule has 2 aliphatic rings. The van der Waals surface area contributed by atoms with Crippen molar-refractivity contribution < 1.29 is 24.2 Å². The van der Waals surface area contributed by atoms with E-state index in [2.05, 4.69) is 10.6 Å². The summed E-state index contributed by atoms with van der Waals surface area (Å²) in [7, 11) is 0. The smallest absolute Gasteiger partial charge is 0.259 e. The van der Waals surface area contributed by atoms with Crippen molar-refractivity contribution in [1.82, 2.24) is 0 Å². The average molecular weight is 460 g/mol. The molecular formula is C21H22ClN5O5. The molecule has 0 unspecified atom stereocenters. The van der Waals surface area contributed by atoms with Crippen LogP contribution in [0, 0.1) is 5.41 Å². The van der Waals surface area contributed by atoms with Gasteiger partial charge in [0.25, 0.3) is 11.8 Å². The first kappa shape index (κ1) is 23.2. The summed E-state index contributed by atoms with van der Waals surface area (Å²) in [5, 5.41) is 23.1. The van der Waals surface area contributed by atoms with E-state index in [1.807, 2.05) is 0 Å². The van der Waals surface area contributed by atoms with Crippen LogP contribution in [0.4, 0.5) is 17.1 Å². The van der Waals surface area contributed by atoms with Crippen LogP contribution in [-0.2, 0) is 25.5 Å². The molecule has 10 nitrogen and oxygen atoms in total. The van der Waals surface area contributed by atoms with E-state index in [4.69, 9.17) is 15.9 Å². The van der Waals surface area contributed by atoms with Crippen LogP contribution in [0.1, 0.15) is 11.1 Å². The van der Waals surface area contributed by atoms with E-state index >= 15 is 0 Å². The summed E-state index contributed by atoms with van der Waals surface area (Å²) in [6.45, 7) is 0.401. The lowest BCUT2D eigenvalue weighted by atomic mass is 10.1. The number of morpholine rings is 1. The van der Waals surface area contributed by atoms with E-state index < -0.39 is 24.0 Å². The third-order valence-electron chi connectivity index (χ3n) is 5.17. The number of ether oxygens (including phenoxy) is 1. The lowest BCUT2D eigenvalue weighted by Crippen LogP contribution is -2.55. The quantitative estimate of drug-likeness (QED) is 0.325. The highest BCUT2D eigenvalue weighted by molar-refractivity contribution is 6.05. The number of hydrogen-bond donors (Lipinski definition) is 5. The zero-order valence-corrected chi connectivity index (χ0v) is 17.6. The van der Waals surface area contributed by atoms with E-state index in [1.165, 1.54) is 17.0 Å². The molecule has 32 heavy (non-hydrogen) atoms. The summed E-state index contributed by atoms with van der Waals surface area (Å²) in [6.07, 6.45) is -2.85. The third kappa shape index (κ3) is 4.57. The molecular weight excluding hydrogens is 438 g/mol. The number of amides is 3. The molecule has 0 spiro atoms. The molecule has 2 aromatic rings. The van der Waals surface area contributed by atoms with Gasteiger partial charge in [-0.3, -0.25) is 19.8 Å². The van der Waals surface area contributed by atoms with Crippen molar-refractivity contribution in [3.05, 3.63) is 53.6 Å². The third-order valence-corrected chi connectivity index (χ3v) is 5.17. The Morgan fingerprint density at radius 1 is 1.25 bits per heavy atom. The minimum atomic E-state index is -1.72. The maximum atomic E-state index is 12.9. The Hall–Kier alpha value is -3.47. The maximum Gasteiger partial charge on any atom is 0.259 e. The molecule has 2 aromatic carbocycles. The fourth-order valence-corrected chi connectivity index (χ4v) is 3.56. The van der Waals surface area contributed by atoms with Crippen LogP contribution in [0.5, 0.6) is 0 Å². The summed E-state index contributed by atoms with van der Waals surface area (Å²) >= 11 is 0. The molecule has 4 rings (SSSR count). The standard InChI is InChI=1S/C21H21N5O5.ClH/c22-19(23)11-1-3-13(4-2-11)24-20(29)17(28)18-21(30)26(7-8-31-18)14-5-6-15-12(9-14)10-16(27)25-15;/h1-6,9,17-18,28H,7-8,10H2,(H3,22,23)(H,24,29)(H,25,27);1H/t17-,18-;/m1./s1. The fourth-order valence-electron chi connectivity index (χ4n) is 3.56. The van der Waals surface area contributed by atoms with Crippen molar-refractivity contribution in [2.75, 3.05) is 28.7 Å². The molecule has 2 aliphatic heterocycles. The van der Waals surface area contributed by atoms with Gasteiger partial charge in [0.2, 0.25) is 5.91 Å². The van der Waals surface area contributed by atoms with Gasteiger partial charge in [0.05, 0.1) is 13.0 Å². The van der Waals surface area contributed by atoms with Crippen LogP contribution < -0.4 is 21.3 Å². The molecule has 3 amide bonds. The number of anilines is 3. The summed E-state index contributed by atoms with van der Waals surface area (Å²) in [6, 6.07) is 11.4. The first-order valence-corrected chi connectivity index (χ1v) is 9.62. The summed E-state index contributed by atoms with van der Waals surface area (Å²) < 4.78 is 5.41. The highest BCUT2D eigenvalue weighted by atomic mass is 35.5. The van der Waals surface area contributed by atoms with Crippen molar-refractivity contribution in [3.63, 3.8) is 0 Å². The Kier molecular flexibility index (Phi) is 6.78. The molecule has 0 bridgehead atoms. The first-order chi connectivity index (χ1) is 14.8. The van der Waals surface area contributed by atoms with Crippen LogP contribution in [0.15, 0.2) is 42.5 Å². The zero-order valence-electron chi connectivity index (χ0n) is 16.8. The van der Waals surface area contributed by atoms with Crippen molar-refractivity contribution >= 4 is 53.0 Å². The SMILES string of the molecule is Cl.N=C(N)c1ccc(NC(=O)[C@H](O)[C@H]2OCCN(c3ccc4c(c3)CC(=O)N4)C2=O)cc1. The second-order valence-corrected chi connectivity index (χ2v) is 7.27. The topological polar surface area (TPSA) is 158 Å². The number of nitrogens with two attached hydrogens (primary N) is 1. The van der Waals surface area contributed by atoms with Gasteiger partial charge in [-0.25, -0.2) is 0 Å². The Morgan fingerprint density at radius 2 is 1.97 bits per heavy atom. The lowest BCUT2D eigenvalue weighted by molar-refractivity contribution is -0.150. The molecule has 2 atom stereocenters. The average Bonchev–Trinajstić information content (AvgIpc) is 3.13. The van der Waals surface area contributed by atoms with Gasteiger partial charge in [0.1, 0.15) is 5.84 Å². The molecule has 0 radical (unpaired) electrons. The Balaban J connectivity index is 0.00000289. The predicted molar refractivity (Wildman–Crippen MR) is 120 cm³/mol. The van der Waals surface area contributed by atoms with E-state index in [0.29, 0.717) is 22.6 Å². The van der Waals surface area contributed by atoms with Gasteiger partial charge >= 0.3 is 0 Å². The number of carbonyl (C=O) groups excluding carboxylic acids is 3. The van der Waals surface area contributed by atoms with Gasteiger partial charge in [-0.05, 0) is 48.0 Å². The number of amidine groups is 1. The lowest BCUT2D eigenvalue weighted by Gasteiger charge is -2.34.